The van der Waals surface area contributed by atoms with E-state index in [-0.39, 0.29) is 0 Å². The van der Waals surface area contributed by atoms with Gasteiger partial charge in [-0.2, -0.15) is 0 Å². The highest BCUT2D eigenvalue weighted by Gasteiger charge is 2.04. The number of pyridine rings is 1. The zero-order valence-corrected chi connectivity index (χ0v) is 7.99. The summed E-state index contributed by atoms with van der Waals surface area (Å²) in [6.45, 7) is 0. The lowest BCUT2D eigenvalue weighted by atomic mass is 9.98. The highest BCUT2D eigenvalue weighted by atomic mass is 14.9. The van der Waals surface area contributed by atoms with Gasteiger partial charge in [0.15, 0.2) is 0 Å². The number of hydrogen-bond acceptors (Lipinski definition) is 3. The molecule has 0 fully saturated rings. The van der Waals surface area contributed by atoms with Gasteiger partial charge in [-0.3, -0.25) is 0 Å². The summed E-state index contributed by atoms with van der Waals surface area (Å²) in [5.41, 5.74) is 8.12. The van der Waals surface area contributed by atoms with Crippen molar-refractivity contribution in [2.45, 2.75) is 0 Å². The Labute approximate surface area is 88.1 Å². The maximum absolute atomic E-state index is 7.17. The molecular weight excluding hydrogens is 187 g/mol. The summed E-state index contributed by atoms with van der Waals surface area (Å²) in [6, 6.07) is 3.68. The molecule has 0 bridgehead atoms. The molecule has 0 atom stereocenters. The molecule has 4 N–H and O–H groups in total. The Kier molecular flexibility index (Phi) is 2.29. The van der Waals surface area contributed by atoms with Crippen molar-refractivity contribution in [3.8, 4) is 0 Å². The number of hydrogen-bond donors (Lipinski definition) is 3. The molecule has 0 amide bonds. The number of rotatable bonds is 2. The van der Waals surface area contributed by atoms with Crippen molar-refractivity contribution in [3.63, 3.8) is 0 Å². The highest BCUT2D eigenvalue weighted by Crippen LogP contribution is 2.16. The molecule has 72 valence electrons. The molecule has 2 aromatic rings. The molecule has 2 rings (SSSR count). The summed E-state index contributed by atoms with van der Waals surface area (Å²) in [5.74, 6) is 0. The van der Waals surface area contributed by atoms with E-state index in [9.17, 15) is 0 Å². The zero-order valence-electron chi connectivity index (χ0n) is 7.99. The molecule has 2 heterocycles. The molecule has 15 heavy (non-hydrogen) atoms. The Hall–Kier alpha value is -2.04. The van der Waals surface area contributed by atoms with Gasteiger partial charge in [0.2, 0.25) is 0 Å². The fourth-order valence-electron chi connectivity index (χ4n) is 1.40. The molecule has 2 aromatic heterocycles. The Morgan fingerprint density at radius 3 is 3.00 bits per heavy atom. The van der Waals surface area contributed by atoms with Crippen LogP contribution in [-0.4, -0.2) is 24.0 Å². The van der Waals surface area contributed by atoms with E-state index >= 15 is 0 Å². The standard InChI is InChI=1S/C10H9BN4/c11-8-1-6-2-9(7(3-12)4-13)15-10(6)14-5-8/h1-5,12H,13H2,(H,14,15)/b7-4+,12-3?. The number of aromatic nitrogens is 2. The monoisotopic (exact) mass is 196 g/mol. The first-order chi connectivity index (χ1) is 7.24. The van der Waals surface area contributed by atoms with Crippen LogP contribution in [0.4, 0.5) is 0 Å². The molecular formula is C10H9BN4. The minimum atomic E-state index is 0.612. The van der Waals surface area contributed by atoms with Crippen molar-refractivity contribution >= 4 is 36.1 Å². The minimum Gasteiger partial charge on any atom is -0.404 e. The van der Waals surface area contributed by atoms with Crippen LogP contribution in [0.1, 0.15) is 5.69 Å². The van der Waals surface area contributed by atoms with Crippen molar-refractivity contribution < 1.29 is 0 Å². The fourth-order valence-corrected chi connectivity index (χ4v) is 1.40. The van der Waals surface area contributed by atoms with Gasteiger partial charge in [-0.1, -0.05) is 11.5 Å². The number of nitrogens with one attached hydrogen (secondary N) is 2. The second-order valence-electron chi connectivity index (χ2n) is 3.16. The van der Waals surface area contributed by atoms with Crippen molar-refractivity contribution in [1.29, 1.82) is 5.41 Å². The summed E-state index contributed by atoms with van der Waals surface area (Å²) in [7, 11) is 5.61. The van der Waals surface area contributed by atoms with E-state index in [4.69, 9.17) is 19.0 Å². The van der Waals surface area contributed by atoms with Gasteiger partial charge in [-0.25, -0.2) is 4.98 Å². The summed E-state index contributed by atoms with van der Waals surface area (Å²) < 4.78 is 0. The number of fused-ring (bicyclic) bond motifs is 1. The number of nitrogens with zero attached hydrogens (tertiary/aromatic N) is 1. The van der Waals surface area contributed by atoms with Gasteiger partial charge in [0.1, 0.15) is 13.5 Å². The first-order valence-electron chi connectivity index (χ1n) is 4.41. The molecule has 4 nitrogen and oxygen atoms in total. The molecule has 2 radical (unpaired) electrons. The Balaban J connectivity index is 2.61. The van der Waals surface area contributed by atoms with Gasteiger partial charge in [0.05, 0.1) is 5.69 Å². The minimum absolute atomic E-state index is 0.612. The van der Waals surface area contributed by atoms with Crippen LogP contribution < -0.4 is 11.2 Å². The van der Waals surface area contributed by atoms with E-state index in [0.717, 1.165) is 16.7 Å². The largest absolute Gasteiger partial charge is 0.404 e. The summed E-state index contributed by atoms with van der Waals surface area (Å²) in [5, 5.41) is 8.08. The molecule has 0 spiro atoms. The molecule has 0 aliphatic carbocycles. The third-order valence-corrected chi connectivity index (χ3v) is 2.14. The second kappa shape index (κ2) is 3.61. The van der Waals surface area contributed by atoms with Crippen molar-refractivity contribution in [2.75, 3.05) is 0 Å². The van der Waals surface area contributed by atoms with E-state index in [1.54, 1.807) is 6.20 Å². The van der Waals surface area contributed by atoms with Gasteiger partial charge in [-0.15, -0.1) is 0 Å². The average Bonchev–Trinajstić information content (AvgIpc) is 2.62. The molecule has 0 unspecified atom stereocenters. The predicted octanol–water partition coefficient (Wildman–Crippen LogP) is 0.306. The number of allylic oxidation sites excluding steroid dienone is 1. The Morgan fingerprint density at radius 2 is 2.33 bits per heavy atom. The summed E-state index contributed by atoms with van der Waals surface area (Å²) in [4.78, 5) is 7.19. The number of H-pyrrole nitrogens is 1. The molecule has 5 heteroatoms. The third-order valence-electron chi connectivity index (χ3n) is 2.14. The zero-order chi connectivity index (χ0) is 10.8. The van der Waals surface area contributed by atoms with E-state index < -0.39 is 0 Å². The van der Waals surface area contributed by atoms with E-state index in [2.05, 4.69) is 9.97 Å². The Morgan fingerprint density at radius 1 is 1.53 bits per heavy atom. The Bertz CT molecular complexity index is 541. The topological polar surface area (TPSA) is 78.5 Å². The smallest absolute Gasteiger partial charge is 0.137 e. The van der Waals surface area contributed by atoms with Crippen LogP contribution in [0.15, 0.2) is 24.5 Å². The number of nitrogens with two attached hydrogens (primary N) is 1. The lowest BCUT2D eigenvalue weighted by Gasteiger charge is -1.93. The van der Waals surface area contributed by atoms with Crippen LogP contribution in [0, 0.1) is 5.41 Å². The number of aromatic amines is 1. The lowest BCUT2D eigenvalue weighted by Crippen LogP contribution is -2.01. The second-order valence-corrected chi connectivity index (χ2v) is 3.16. The van der Waals surface area contributed by atoms with Crippen LogP contribution >= 0.6 is 0 Å². The van der Waals surface area contributed by atoms with Gasteiger partial charge in [0, 0.05) is 29.6 Å². The fraction of sp³-hybridized carbons (Fsp3) is 0. The maximum atomic E-state index is 7.17. The first kappa shape index (κ1) is 9.52. The van der Waals surface area contributed by atoms with Crippen LogP contribution in [0.25, 0.3) is 16.6 Å². The van der Waals surface area contributed by atoms with E-state index in [0.29, 0.717) is 11.0 Å². The van der Waals surface area contributed by atoms with Crippen LogP contribution in [-0.2, 0) is 0 Å². The lowest BCUT2D eigenvalue weighted by molar-refractivity contribution is 1.31. The third kappa shape index (κ3) is 1.63. The summed E-state index contributed by atoms with van der Waals surface area (Å²) >= 11 is 0. The van der Waals surface area contributed by atoms with E-state index in [1.165, 1.54) is 12.4 Å². The van der Waals surface area contributed by atoms with Crippen LogP contribution in [0.5, 0.6) is 0 Å². The van der Waals surface area contributed by atoms with E-state index in [1.807, 2.05) is 12.1 Å². The molecule has 0 aromatic carbocycles. The highest BCUT2D eigenvalue weighted by molar-refractivity contribution is 6.32. The van der Waals surface area contributed by atoms with Crippen molar-refractivity contribution in [1.82, 2.24) is 9.97 Å². The van der Waals surface area contributed by atoms with Crippen molar-refractivity contribution in [2.24, 2.45) is 5.73 Å². The van der Waals surface area contributed by atoms with Gasteiger partial charge in [0.25, 0.3) is 0 Å². The predicted molar refractivity (Wildman–Crippen MR) is 62.4 cm³/mol. The molecule has 0 aliphatic heterocycles. The summed E-state index contributed by atoms with van der Waals surface area (Å²) in [6.07, 6.45) is 4.15. The maximum Gasteiger partial charge on any atom is 0.137 e. The van der Waals surface area contributed by atoms with Crippen LogP contribution in [0.2, 0.25) is 0 Å². The SMILES string of the molecule is [B]c1cnc2[nH]c(/C(C=N)=C/N)cc2c1. The first-order valence-corrected chi connectivity index (χ1v) is 4.41. The van der Waals surface area contributed by atoms with Gasteiger partial charge < -0.3 is 16.1 Å². The van der Waals surface area contributed by atoms with Gasteiger partial charge >= 0.3 is 0 Å². The van der Waals surface area contributed by atoms with Gasteiger partial charge in [-0.05, 0) is 6.07 Å². The van der Waals surface area contributed by atoms with Crippen LogP contribution in [0.3, 0.4) is 0 Å². The normalized spacial score (nSPS) is 11.9. The van der Waals surface area contributed by atoms with Crippen molar-refractivity contribution in [3.05, 3.63) is 30.2 Å². The molecule has 0 saturated heterocycles. The average molecular weight is 196 g/mol. The quantitative estimate of drug-likeness (QED) is 0.477. The molecule has 0 aliphatic rings. The molecule has 0 saturated carbocycles.